The molecule has 0 fully saturated rings. The summed E-state index contributed by atoms with van der Waals surface area (Å²) in [6, 6.07) is 11.1. The molecule has 2 aromatic rings. The Bertz CT molecular complexity index is 773. The van der Waals surface area contributed by atoms with Crippen molar-refractivity contribution in [1.82, 2.24) is 0 Å². The minimum Gasteiger partial charge on any atom is -0.477 e. The lowest BCUT2D eigenvalue weighted by Crippen LogP contribution is -2.05. The van der Waals surface area contributed by atoms with Gasteiger partial charge in [-0.3, -0.25) is 25.1 Å². The van der Waals surface area contributed by atoms with E-state index in [9.17, 15) is 29.8 Å². The van der Waals surface area contributed by atoms with Gasteiger partial charge >= 0.3 is 23.3 Å². The number of hydrogen-bond acceptors (Lipinski definition) is 8. The number of nitro benzene ring substituents is 2. The Labute approximate surface area is 138 Å². The Morgan fingerprint density at radius 3 is 1.96 bits per heavy atom. The van der Waals surface area contributed by atoms with E-state index in [-0.39, 0.29) is 0 Å². The Morgan fingerprint density at radius 2 is 1.52 bits per heavy atom. The fourth-order valence-electron chi connectivity index (χ4n) is 1.67. The highest BCUT2D eigenvalue weighted by molar-refractivity contribution is 5.94. The number of carboxylic acid groups (broad SMARTS) is 1. The molecule has 0 saturated carbocycles. The Balaban J connectivity index is 0.000000271. The molecule has 2 aromatic carbocycles. The molecule has 0 radical (unpaired) electrons. The summed E-state index contributed by atoms with van der Waals surface area (Å²) in [6.07, 6.45) is 0. The van der Waals surface area contributed by atoms with Gasteiger partial charge in [0.15, 0.2) is 0 Å². The number of aromatic carboxylic acids is 1. The summed E-state index contributed by atoms with van der Waals surface area (Å²) in [7, 11) is 0. The molecule has 0 spiro atoms. The Kier molecular flexibility index (Phi) is 6.67. The molecule has 11 heteroatoms. The SMILES string of the molecule is O=C(O)c1cccc([N+](=O)[O-])c1[N+](=O)[O-].O=C(OO)c1ccccc1. The quantitative estimate of drug-likeness (QED) is 0.477. The van der Waals surface area contributed by atoms with Crippen LogP contribution in [0.25, 0.3) is 0 Å². The van der Waals surface area contributed by atoms with Crippen molar-refractivity contribution in [3.63, 3.8) is 0 Å². The maximum atomic E-state index is 10.6. The van der Waals surface area contributed by atoms with Crippen LogP contribution in [0.2, 0.25) is 0 Å². The van der Waals surface area contributed by atoms with Crippen LogP contribution in [0.3, 0.4) is 0 Å². The highest BCUT2D eigenvalue weighted by Crippen LogP contribution is 2.30. The first-order chi connectivity index (χ1) is 11.8. The number of carbonyl (C=O) groups is 2. The van der Waals surface area contributed by atoms with Crippen molar-refractivity contribution in [3.05, 3.63) is 79.9 Å². The molecule has 0 aliphatic heterocycles. The number of nitrogens with zero attached hydrogens (tertiary/aromatic N) is 2. The second kappa shape index (κ2) is 8.69. The summed E-state index contributed by atoms with van der Waals surface area (Å²) in [4.78, 5) is 43.4. The van der Waals surface area contributed by atoms with Gasteiger partial charge in [0.25, 0.3) is 0 Å². The van der Waals surface area contributed by atoms with Crippen LogP contribution in [0.1, 0.15) is 20.7 Å². The van der Waals surface area contributed by atoms with E-state index in [0.717, 1.165) is 18.2 Å². The second-order valence-electron chi connectivity index (χ2n) is 4.24. The average Bonchev–Trinajstić information content (AvgIpc) is 2.61. The monoisotopic (exact) mass is 350 g/mol. The normalized spacial score (nSPS) is 9.32. The van der Waals surface area contributed by atoms with E-state index in [1.165, 1.54) is 0 Å². The predicted molar refractivity (Wildman–Crippen MR) is 81.2 cm³/mol. The summed E-state index contributed by atoms with van der Waals surface area (Å²) in [5.41, 5.74) is -2.20. The molecule has 130 valence electrons. The van der Waals surface area contributed by atoms with Crippen molar-refractivity contribution in [3.8, 4) is 0 Å². The molecule has 0 bridgehead atoms. The zero-order valence-corrected chi connectivity index (χ0v) is 12.3. The summed E-state index contributed by atoms with van der Waals surface area (Å²) in [5.74, 6) is -2.31. The minimum atomic E-state index is -1.58. The van der Waals surface area contributed by atoms with Gasteiger partial charge in [-0.1, -0.05) is 24.3 Å². The number of para-hydroxylation sites is 1. The van der Waals surface area contributed by atoms with Crippen LogP contribution < -0.4 is 0 Å². The first-order valence-electron chi connectivity index (χ1n) is 6.35. The van der Waals surface area contributed by atoms with Gasteiger partial charge in [0.1, 0.15) is 5.56 Å². The van der Waals surface area contributed by atoms with Crippen LogP contribution in [0.4, 0.5) is 11.4 Å². The third-order valence-electron chi connectivity index (χ3n) is 2.72. The van der Waals surface area contributed by atoms with Gasteiger partial charge in [-0.15, -0.1) is 0 Å². The molecule has 0 heterocycles. The number of carboxylic acids is 1. The van der Waals surface area contributed by atoms with Crippen molar-refractivity contribution < 1.29 is 34.7 Å². The highest BCUT2D eigenvalue weighted by atomic mass is 17.1. The number of rotatable bonds is 4. The lowest BCUT2D eigenvalue weighted by atomic mass is 10.1. The van der Waals surface area contributed by atoms with Crippen molar-refractivity contribution >= 4 is 23.3 Å². The van der Waals surface area contributed by atoms with E-state index in [1.54, 1.807) is 30.3 Å². The van der Waals surface area contributed by atoms with Crippen molar-refractivity contribution in [2.75, 3.05) is 0 Å². The van der Waals surface area contributed by atoms with E-state index in [4.69, 9.17) is 10.4 Å². The number of nitro groups is 2. The third kappa shape index (κ3) is 5.07. The van der Waals surface area contributed by atoms with E-state index in [2.05, 4.69) is 4.89 Å². The molecule has 0 aliphatic carbocycles. The van der Waals surface area contributed by atoms with Crippen molar-refractivity contribution in [2.45, 2.75) is 0 Å². The highest BCUT2D eigenvalue weighted by Gasteiger charge is 2.31. The summed E-state index contributed by atoms with van der Waals surface area (Å²) < 4.78 is 0. The maximum Gasteiger partial charge on any atom is 0.372 e. The van der Waals surface area contributed by atoms with Crippen LogP contribution in [0.15, 0.2) is 48.5 Å². The molecule has 0 saturated heterocycles. The first kappa shape index (κ1) is 19.2. The minimum absolute atomic E-state index is 0.338. The molecule has 11 nitrogen and oxygen atoms in total. The Morgan fingerprint density at radius 1 is 0.920 bits per heavy atom. The molecule has 25 heavy (non-hydrogen) atoms. The van der Waals surface area contributed by atoms with Gasteiger partial charge in [-0.05, 0) is 18.2 Å². The number of hydrogen-bond donors (Lipinski definition) is 2. The summed E-state index contributed by atoms with van der Waals surface area (Å²) >= 11 is 0. The smallest absolute Gasteiger partial charge is 0.372 e. The third-order valence-corrected chi connectivity index (χ3v) is 2.72. The lowest BCUT2D eigenvalue weighted by molar-refractivity contribution is -0.422. The van der Waals surface area contributed by atoms with E-state index >= 15 is 0 Å². The molecule has 0 unspecified atom stereocenters. The van der Waals surface area contributed by atoms with Crippen molar-refractivity contribution in [2.24, 2.45) is 0 Å². The zero-order chi connectivity index (χ0) is 19.0. The fourth-order valence-corrected chi connectivity index (χ4v) is 1.67. The van der Waals surface area contributed by atoms with Gasteiger partial charge in [-0.2, -0.15) is 5.26 Å². The largest absolute Gasteiger partial charge is 0.477 e. The zero-order valence-electron chi connectivity index (χ0n) is 12.3. The Hall–Kier alpha value is -3.86. The molecule has 2 N–H and O–H groups in total. The van der Waals surface area contributed by atoms with E-state index < -0.39 is 38.7 Å². The average molecular weight is 350 g/mol. The molecule has 0 atom stereocenters. The predicted octanol–water partition coefficient (Wildman–Crippen LogP) is 2.52. The van der Waals surface area contributed by atoms with Gasteiger partial charge < -0.3 is 5.11 Å². The van der Waals surface area contributed by atoms with Crippen LogP contribution >= 0.6 is 0 Å². The van der Waals surface area contributed by atoms with Gasteiger partial charge in [-0.25, -0.2) is 9.59 Å². The summed E-state index contributed by atoms with van der Waals surface area (Å²) in [6.45, 7) is 0. The van der Waals surface area contributed by atoms with Crippen LogP contribution in [-0.2, 0) is 4.89 Å². The molecule has 0 amide bonds. The number of carbonyl (C=O) groups excluding carboxylic acids is 1. The first-order valence-corrected chi connectivity index (χ1v) is 6.35. The standard InChI is InChI=1S/C7H4N2O6.C7H6O3/c10-7(11)4-2-1-3-5(8(12)13)6(4)9(14)15;8-7(10-9)6-4-2-1-3-5-6/h1-3H,(H,10,11);1-5,9H. The van der Waals surface area contributed by atoms with Gasteiger partial charge in [0, 0.05) is 6.07 Å². The maximum absolute atomic E-state index is 10.6. The van der Waals surface area contributed by atoms with Crippen LogP contribution in [-0.4, -0.2) is 32.1 Å². The fraction of sp³-hybridized carbons (Fsp3) is 0. The van der Waals surface area contributed by atoms with E-state index in [0.29, 0.717) is 5.56 Å². The molecule has 2 rings (SSSR count). The molecular weight excluding hydrogens is 340 g/mol. The van der Waals surface area contributed by atoms with Crippen molar-refractivity contribution in [1.29, 1.82) is 0 Å². The molecule has 0 aliphatic rings. The summed E-state index contributed by atoms with van der Waals surface area (Å²) in [5, 5.41) is 37.4. The van der Waals surface area contributed by atoms with Gasteiger partial charge in [0.05, 0.1) is 15.4 Å². The van der Waals surface area contributed by atoms with E-state index in [1.807, 2.05) is 0 Å². The molecule has 0 aromatic heterocycles. The second-order valence-corrected chi connectivity index (χ2v) is 4.24. The number of benzene rings is 2. The topological polar surface area (TPSA) is 170 Å². The molecular formula is C14H10N2O9. The lowest BCUT2D eigenvalue weighted by Gasteiger charge is -1.97. The van der Waals surface area contributed by atoms with Crippen LogP contribution in [0, 0.1) is 20.2 Å². The van der Waals surface area contributed by atoms with Crippen LogP contribution in [0.5, 0.6) is 0 Å². The van der Waals surface area contributed by atoms with Gasteiger partial charge in [0.2, 0.25) is 0 Å².